The Morgan fingerprint density at radius 1 is 1.35 bits per heavy atom. The van der Waals surface area contributed by atoms with Crippen molar-refractivity contribution >= 4 is 16.8 Å². The van der Waals surface area contributed by atoms with Gasteiger partial charge in [-0.15, -0.1) is 0 Å². The molecule has 1 saturated heterocycles. The van der Waals surface area contributed by atoms with Crippen molar-refractivity contribution in [3.63, 3.8) is 0 Å². The van der Waals surface area contributed by atoms with Crippen LogP contribution in [0.15, 0.2) is 24.3 Å². The van der Waals surface area contributed by atoms with Crippen molar-refractivity contribution in [2.75, 3.05) is 13.1 Å². The predicted molar refractivity (Wildman–Crippen MR) is 93.5 cm³/mol. The molecule has 23 heavy (non-hydrogen) atoms. The number of hydrogen-bond acceptors (Lipinski definition) is 3. The molecule has 1 aromatic carbocycles. The van der Waals surface area contributed by atoms with Gasteiger partial charge in [0.25, 0.3) is 5.91 Å². The quantitative estimate of drug-likeness (QED) is 0.927. The third-order valence-electron chi connectivity index (χ3n) is 4.88. The molecule has 3 rings (SSSR count). The van der Waals surface area contributed by atoms with Crippen LogP contribution in [0.1, 0.15) is 41.4 Å². The first-order valence-corrected chi connectivity index (χ1v) is 8.38. The van der Waals surface area contributed by atoms with Crippen molar-refractivity contribution in [1.82, 2.24) is 9.88 Å². The number of piperidine rings is 1. The molecule has 0 saturated carbocycles. The largest absolute Gasteiger partial charge is 0.338 e. The average Bonchev–Trinajstić information content (AvgIpc) is 2.53. The summed E-state index contributed by atoms with van der Waals surface area (Å²) in [4.78, 5) is 19.5. The standard InChI is InChI=1S/C19H25N3O/c1-12-6-7-15-10-17(14(3)21-18(15)9-12)19(23)22-8-4-5-16(11-22)13(2)20/h6-7,9-10,13,16H,4-5,8,11,20H2,1-3H3/t13-,16+/m0/s1. The number of aromatic nitrogens is 1. The maximum Gasteiger partial charge on any atom is 0.255 e. The smallest absolute Gasteiger partial charge is 0.255 e. The fourth-order valence-electron chi connectivity index (χ4n) is 3.38. The zero-order valence-electron chi connectivity index (χ0n) is 14.2. The highest BCUT2D eigenvalue weighted by Gasteiger charge is 2.27. The maximum atomic E-state index is 12.9. The van der Waals surface area contributed by atoms with Crippen molar-refractivity contribution in [2.24, 2.45) is 11.7 Å². The Kier molecular flexibility index (Phi) is 4.35. The molecule has 1 fully saturated rings. The molecular weight excluding hydrogens is 286 g/mol. The number of carbonyl (C=O) groups is 1. The summed E-state index contributed by atoms with van der Waals surface area (Å²) in [6, 6.07) is 8.26. The Morgan fingerprint density at radius 3 is 2.87 bits per heavy atom. The van der Waals surface area contributed by atoms with Gasteiger partial charge in [-0.1, -0.05) is 12.1 Å². The zero-order valence-corrected chi connectivity index (χ0v) is 14.2. The summed E-state index contributed by atoms with van der Waals surface area (Å²) in [7, 11) is 0. The number of aryl methyl sites for hydroxylation is 2. The first kappa shape index (κ1) is 15.9. The second kappa shape index (κ2) is 6.28. The maximum absolute atomic E-state index is 12.9. The number of amides is 1. The van der Waals surface area contributed by atoms with Crippen LogP contribution < -0.4 is 5.73 Å². The fraction of sp³-hybridized carbons (Fsp3) is 0.474. The number of nitrogens with zero attached hydrogens (tertiary/aromatic N) is 2. The summed E-state index contributed by atoms with van der Waals surface area (Å²) in [5.41, 5.74) is 9.68. The number of likely N-dealkylation sites (tertiary alicyclic amines) is 1. The van der Waals surface area contributed by atoms with Gasteiger partial charge in [0.2, 0.25) is 0 Å². The first-order valence-electron chi connectivity index (χ1n) is 8.38. The molecular formula is C19H25N3O. The summed E-state index contributed by atoms with van der Waals surface area (Å²) in [5.74, 6) is 0.479. The number of fused-ring (bicyclic) bond motifs is 1. The van der Waals surface area contributed by atoms with Crippen LogP contribution in [0.4, 0.5) is 0 Å². The number of rotatable bonds is 2. The normalized spacial score (nSPS) is 19.8. The van der Waals surface area contributed by atoms with E-state index < -0.39 is 0 Å². The van der Waals surface area contributed by atoms with Crippen molar-refractivity contribution in [3.8, 4) is 0 Å². The summed E-state index contributed by atoms with van der Waals surface area (Å²) in [6.45, 7) is 7.57. The molecule has 0 aliphatic carbocycles. The lowest BCUT2D eigenvalue weighted by Gasteiger charge is -2.34. The van der Waals surface area contributed by atoms with E-state index >= 15 is 0 Å². The predicted octanol–water partition coefficient (Wildman–Crippen LogP) is 3.05. The molecule has 1 aliphatic heterocycles. The van der Waals surface area contributed by atoms with Gasteiger partial charge in [-0.25, -0.2) is 0 Å². The van der Waals surface area contributed by atoms with Gasteiger partial charge in [-0.2, -0.15) is 0 Å². The van der Waals surface area contributed by atoms with Crippen molar-refractivity contribution < 1.29 is 4.79 Å². The van der Waals surface area contributed by atoms with Crippen LogP contribution in [0.3, 0.4) is 0 Å². The van der Waals surface area contributed by atoms with Gasteiger partial charge in [0.15, 0.2) is 0 Å². The number of carbonyl (C=O) groups excluding carboxylic acids is 1. The molecule has 2 heterocycles. The Balaban J connectivity index is 1.91. The van der Waals surface area contributed by atoms with Gasteiger partial charge < -0.3 is 10.6 Å². The van der Waals surface area contributed by atoms with Crippen molar-refractivity contribution in [2.45, 2.75) is 39.7 Å². The van der Waals surface area contributed by atoms with Gasteiger partial charge in [0.05, 0.1) is 16.8 Å². The van der Waals surface area contributed by atoms with Crippen LogP contribution in [-0.2, 0) is 0 Å². The minimum absolute atomic E-state index is 0.0859. The molecule has 4 nitrogen and oxygen atoms in total. The second-order valence-electron chi connectivity index (χ2n) is 6.83. The van der Waals surface area contributed by atoms with Crippen LogP contribution >= 0.6 is 0 Å². The lowest BCUT2D eigenvalue weighted by molar-refractivity contribution is 0.0660. The lowest BCUT2D eigenvalue weighted by Crippen LogP contribution is -2.45. The van der Waals surface area contributed by atoms with E-state index in [0.717, 1.165) is 42.5 Å². The molecule has 2 aromatic rings. The van der Waals surface area contributed by atoms with E-state index in [1.807, 2.05) is 30.9 Å². The monoisotopic (exact) mass is 311 g/mol. The molecule has 1 amide bonds. The van der Waals surface area contributed by atoms with E-state index in [-0.39, 0.29) is 11.9 Å². The zero-order chi connectivity index (χ0) is 16.6. The SMILES string of the molecule is Cc1ccc2cc(C(=O)N3CCC[C@@H]([C@H](C)N)C3)c(C)nc2c1. The molecule has 0 radical (unpaired) electrons. The average molecular weight is 311 g/mol. The molecule has 4 heteroatoms. The van der Waals surface area contributed by atoms with E-state index in [9.17, 15) is 4.79 Å². The van der Waals surface area contributed by atoms with Crippen LogP contribution in [0.5, 0.6) is 0 Å². The van der Waals surface area contributed by atoms with E-state index in [0.29, 0.717) is 11.5 Å². The van der Waals surface area contributed by atoms with Crippen LogP contribution in [0.25, 0.3) is 10.9 Å². The van der Waals surface area contributed by atoms with E-state index in [1.165, 1.54) is 5.56 Å². The van der Waals surface area contributed by atoms with Crippen LogP contribution in [0, 0.1) is 19.8 Å². The fourth-order valence-corrected chi connectivity index (χ4v) is 3.38. The topological polar surface area (TPSA) is 59.2 Å². The Hall–Kier alpha value is -1.94. The minimum atomic E-state index is 0.0859. The van der Waals surface area contributed by atoms with Crippen molar-refractivity contribution in [1.29, 1.82) is 0 Å². The molecule has 0 bridgehead atoms. The number of pyridine rings is 1. The van der Waals surface area contributed by atoms with Crippen LogP contribution in [0.2, 0.25) is 0 Å². The molecule has 2 N–H and O–H groups in total. The van der Waals surface area contributed by atoms with Crippen molar-refractivity contribution in [3.05, 3.63) is 41.1 Å². The third kappa shape index (κ3) is 3.22. The summed E-state index contributed by atoms with van der Waals surface area (Å²) in [5, 5.41) is 1.02. The molecule has 2 atom stereocenters. The highest BCUT2D eigenvalue weighted by Crippen LogP contribution is 2.23. The number of hydrogen-bond donors (Lipinski definition) is 1. The Morgan fingerprint density at radius 2 is 2.13 bits per heavy atom. The Bertz CT molecular complexity index is 739. The molecule has 1 aromatic heterocycles. The minimum Gasteiger partial charge on any atom is -0.338 e. The van der Waals surface area contributed by atoms with Gasteiger partial charge in [-0.3, -0.25) is 9.78 Å². The molecule has 0 unspecified atom stereocenters. The van der Waals surface area contributed by atoms with Gasteiger partial charge in [0, 0.05) is 24.5 Å². The molecule has 1 aliphatic rings. The third-order valence-corrected chi connectivity index (χ3v) is 4.88. The van der Waals surface area contributed by atoms with Gasteiger partial charge in [-0.05, 0) is 57.2 Å². The lowest BCUT2D eigenvalue weighted by atomic mass is 9.91. The highest BCUT2D eigenvalue weighted by molar-refractivity contribution is 5.98. The Labute approximate surface area is 137 Å². The van der Waals surface area contributed by atoms with E-state index in [2.05, 4.69) is 24.0 Å². The molecule has 122 valence electrons. The molecule has 0 spiro atoms. The number of nitrogens with two attached hydrogens (primary N) is 1. The van der Waals surface area contributed by atoms with E-state index in [4.69, 9.17) is 5.73 Å². The first-order chi connectivity index (χ1) is 11.0. The number of benzene rings is 1. The second-order valence-corrected chi connectivity index (χ2v) is 6.83. The summed E-state index contributed by atoms with van der Waals surface area (Å²) >= 11 is 0. The van der Waals surface area contributed by atoms with Crippen LogP contribution in [-0.4, -0.2) is 34.9 Å². The van der Waals surface area contributed by atoms with Gasteiger partial charge >= 0.3 is 0 Å². The summed E-state index contributed by atoms with van der Waals surface area (Å²) in [6.07, 6.45) is 2.13. The summed E-state index contributed by atoms with van der Waals surface area (Å²) < 4.78 is 0. The highest BCUT2D eigenvalue weighted by atomic mass is 16.2. The van der Waals surface area contributed by atoms with E-state index in [1.54, 1.807) is 0 Å². The van der Waals surface area contributed by atoms with Gasteiger partial charge in [0.1, 0.15) is 0 Å².